The zero-order chi connectivity index (χ0) is 17.2. The van der Waals surface area contributed by atoms with E-state index in [1.165, 1.54) is 0 Å². The van der Waals surface area contributed by atoms with Crippen LogP contribution >= 0.6 is 0 Å². The number of aromatic nitrogens is 5. The monoisotopic (exact) mass is 339 g/mol. The van der Waals surface area contributed by atoms with Gasteiger partial charge >= 0.3 is 0 Å². The van der Waals surface area contributed by atoms with Crippen molar-refractivity contribution in [3.8, 4) is 0 Å². The summed E-state index contributed by atoms with van der Waals surface area (Å²) >= 11 is 0. The molecule has 1 fully saturated rings. The van der Waals surface area contributed by atoms with Crippen molar-refractivity contribution >= 4 is 11.6 Å². The van der Waals surface area contributed by atoms with Crippen molar-refractivity contribution < 1.29 is 4.79 Å². The molecule has 1 aliphatic rings. The molecule has 1 aliphatic heterocycles. The molecular formula is C17H21N7O. The number of hydrogen-bond donors (Lipinski definition) is 1. The number of amides is 1. The maximum Gasteiger partial charge on any atom is 0.271 e. The number of nitrogens with one attached hydrogen (secondary N) is 1. The molecule has 8 heteroatoms. The molecular weight excluding hydrogens is 318 g/mol. The van der Waals surface area contributed by atoms with Crippen molar-refractivity contribution in [1.29, 1.82) is 0 Å². The van der Waals surface area contributed by atoms with Crippen LogP contribution < -0.4 is 5.32 Å². The number of piperidine rings is 1. The van der Waals surface area contributed by atoms with Crippen LogP contribution in [-0.2, 0) is 6.54 Å². The van der Waals surface area contributed by atoms with Crippen molar-refractivity contribution in [2.45, 2.75) is 25.4 Å². The summed E-state index contributed by atoms with van der Waals surface area (Å²) in [6.07, 6.45) is 11.5. The van der Waals surface area contributed by atoms with E-state index in [0.29, 0.717) is 5.69 Å². The van der Waals surface area contributed by atoms with Crippen LogP contribution in [0.5, 0.6) is 0 Å². The van der Waals surface area contributed by atoms with E-state index in [1.807, 2.05) is 23.3 Å². The van der Waals surface area contributed by atoms with E-state index < -0.39 is 0 Å². The first-order valence-electron chi connectivity index (χ1n) is 8.50. The van der Waals surface area contributed by atoms with Crippen LogP contribution in [0, 0.1) is 0 Å². The number of nitrogens with zero attached hydrogens (tertiary/aromatic N) is 6. The second-order valence-electron chi connectivity index (χ2n) is 6.35. The Bertz CT molecular complexity index is 884. The Balaban J connectivity index is 1.47. The topological polar surface area (TPSA) is 80.4 Å². The number of imidazole rings is 1. The minimum Gasteiger partial charge on any atom is -0.354 e. The van der Waals surface area contributed by atoms with E-state index >= 15 is 0 Å². The lowest BCUT2D eigenvalue weighted by Crippen LogP contribution is -2.36. The van der Waals surface area contributed by atoms with Crippen LogP contribution in [-0.4, -0.2) is 55.1 Å². The lowest BCUT2D eigenvalue weighted by atomic mass is 10.1. The van der Waals surface area contributed by atoms with Gasteiger partial charge in [0.05, 0.1) is 24.1 Å². The fourth-order valence-corrected chi connectivity index (χ4v) is 3.42. The summed E-state index contributed by atoms with van der Waals surface area (Å²) in [6.45, 7) is 2.80. The van der Waals surface area contributed by atoms with Crippen molar-refractivity contribution in [3.63, 3.8) is 0 Å². The Morgan fingerprint density at radius 2 is 2.28 bits per heavy atom. The molecule has 0 unspecified atom stereocenters. The molecule has 1 atom stereocenters. The van der Waals surface area contributed by atoms with Crippen molar-refractivity contribution in [2.75, 3.05) is 20.1 Å². The Hall–Kier alpha value is -2.74. The molecule has 4 heterocycles. The maximum atomic E-state index is 11.7. The van der Waals surface area contributed by atoms with Crippen LogP contribution in [0.4, 0.5) is 0 Å². The van der Waals surface area contributed by atoms with E-state index in [2.05, 4.69) is 29.7 Å². The van der Waals surface area contributed by atoms with Gasteiger partial charge in [-0.05, 0) is 25.5 Å². The molecule has 0 spiro atoms. The molecule has 0 bridgehead atoms. The van der Waals surface area contributed by atoms with Gasteiger partial charge in [-0.25, -0.2) is 4.98 Å². The van der Waals surface area contributed by atoms with Gasteiger partial charge in [-0.2, -0.15) is 5.10 Å². The van der Waals surface area contributed by atoms with Crippen LogP contribution in [0.1, 0.15) is 35.1 Å². The first kappa shape index (κ1) is 15.8. The minimum absolute atomic E-state index is 0.147. The molecule has 1 N–H and O–H groups in total. The third kappa shape index (κ3) is 3.12. The highest BCUT2D eigenvalue weighted by molar-refractivity contribution is 5.91. The number of likely N-dealkylation sites (tertiary alicyclic amines) is 1. The average molecular weight is 339 g/mol. The van der Waals surface area contributed by atoms with E-state index in [-0.39, 0.29) is 11.9 Å². The summed E-state index contributed by atoms with van der Waals surface area (Å²) in [5, 5.41) is 7.05. The molecule has 3 aromatic heterocycles. The van der Waals surface area contributed by atoms with E-state index in [1.54, 1.807) is 25.5 Å². The fraction of sp³-hybridized carbons (Fsp3) is 0.412. The SMILES string of the molecule is CNC(=O)c1ccn([C@H]2CCCN(Cc3cnc4cnccn34)C2)n1. The van der Waals surface area contributed by atoms with Crippen molar-refractivity contribution in [1.82, 2.24) is 34.4 Å². The van der Waals surface area contributed by atoms with Crippen LogP contribution in [0.15, 0.2) is 37.1 Å². The molecule has 1 saturated heterocycles. The molecule has 3 aromatic rings. The lowest BCUT2D eigenvalue weighted by molar-refractivity contribution is 0.0955. The third-order valence-electron chi connectivity index (χ3n) is 4.70. The van der Waals surface area contributed by atoms with Gasteiger partial charge in [0.1, 0.15) is 5.69 Å². The number of hydrogen-bond acceptors (Lipinski definition) is 5. The van der Waals surface area contributed by atoms with E-state index in [4.69, 9.17) is 0 Å². The zero-order valence-electron chi connectivity index (χ0n) is 14.2. The highest BCUT2D eigenvalue weighted by atomic mass is 16.1. The number of carbonyl (C=O) groups excluding carboxylic acids is 1. The molecule has 0 radical (unpaired) electrons. The molecule has 0 aromatic carbocycles. The third-order valence-corrected chi connectivity index (χ3v) is 4.70. The first-order chi connectivity index (χ1) is 12.2. The number of fused-ring (bicyclic) bond motifs is 1. The molecule has 1 amide bonds. The van der Waals surface area contributed by atoms with Crippen LogP contribution in [0.3, 0.4) is 0 Å². The first-order valence-corrected chi connectivity index (χ1v) is 8.50. The van der Waals surface area contributed by atoms with Gasteiger partial charge in [-0.15, -0.1) is 0 Å². The summed E-state index contributed by atoms with van der Waals surface area (Å²) in [4.78, 5) is 22.6. The molecule has 4 rings (SSSR count). The van der Waals surface area contributed by atoms with Gasteiger partial charge in [-0.3, -0.25) is 23.8 Å². The van der Waals surface area contributed by atoms with Gasteiger partial charge in [0.2, 0.25) is 0 Å². The lowest BCUT2D eigenvalue weighted by Gasteiger charge is -2.32. The largest absolute Gasteiger partial charge is 0.354 e. The molecule has 0 saturated carbocycles. The fourth-order valence-electron chi connectivity index (χ4n) is 3.42. The predicted molar refractivity (Wildman–Crippen MR) is 92.2 cm³/mol. The highest BCUT2D eigenvalue weighted by Crippen LogP contribution is 2.22. The Labute approximate surface area is 145 Å². The van der Waals surface area contributed by atoms with E-state index in [9.17, 15) is 4.79 Å². The normalized spacial score (nSPS) is 18.5. The van der Waals surface area contributed by atoms with Gasteiger partial charge in [-0.1, -0.05) is 0 Å². The van der Waals surface area contributed by atoms with E-state index in [0.717, 1.165) is 43.8 Å². The standard InChI is InChI=1S/C17H21N7O/c1-18-17(25)15-4-7-24(21-15)13-3-2-6-22(11-13)12-14-9-20-16-10-19-5-8-23(14)16/h4-5,7-10,13H,2-3,6,11-12H2,1H3,(H,18,25)/t13-/m0/s1. The second kappa shape index (κ2) is 6.64. The van der Waals surface area contributed by atoms with Crippen molar-refractivity contribution in [2.24, 2.45) is 0 Å². The highest BCUT2D eigenvalue weighted by Gasteiger charge is 2.23. The summed E-state index contributed by atoms with van der Waals surface area (Å²) in [5.74, 6) is -0.147. The summed E-state index contributed by atoms with van der Waals surface area (Å²) in [6, 6.07) is 2.06. The van der Waals surface area contributed by atoms with Crippen LogP contribution in [0.2, 0.25) is 0 Å². The summed E-state index contributed by atoms with van der Waals surface area (Å²) in [5.41, 5.74) is 2.49. The molecule has 25 heavy (non-hydrogen) atoms. The second-order valence-corrected chi connectivity index (χ2v) is 6.35. The van der Waals surface area contributed by atoms with Crippen LogP contribution in [0.25, 0.3) is 5.65 Å². The summed E-state index contributed by atoms with van der Waals surface area (Å²) < 4.78 is 4.00. The number of rotatable bonds is 4. The van der Waals surface area contributed by atoms with Gasteiger partial charge in [0, 0.05) is 38.7 Å². The van der Waals surface area contributed by atoms with Crippen molar-refractivity contribution in [3.05, 3.63) is 48.4 Å². The average Bonchev–Trinajstić information content (AvgIpc) is 3.29. The minimum atomic E-state index is -0.147. The van der Waals surface area contributed by atoms with Gasteiger partial charge in [0.15, 0.2) is 5.65 Å². The number of carbonyl (C=O) groups is 1. The zero-order valence-corrected chi connectivity index (χ0v) is 14.2. The smallest absolute Gasteiger partial charge is 0.271 e. The molecule has 0 aliphatic carbocycles. The molecule has 8 nitrogen and oxygen atoms in total. The predicted octanol–water partition coefficient (Wildman–Crippen LogP) is 1.12. The Morgan fingerprint density at radius 3 is 3.16 bits per heavy atom. The van der Waals surface area contributed by atoms with Gasteiger partial charge in [0.25, 0.3) is 5.91 Å². The summed E-state index contributed by atoms with van der Waals surface area (Å²) in [7, 11) is 1.62. The Kier molecular flexibility index (Phi) is 4.19. The van der Waals surface area contributed by atoms with Gasteiger partial charge < -0.3 is 5.32 Å². The Morgan fingerprint density at radius 1 is 1.36 bits per heavy atom. The maximum absolute atomic E-state index is 11.7. The molecule has 130 valence electrons. The quantitative estimate of drug-likeness (QED) is 0.770.